The molecule has 0 N–H and O–H groups in total. The van der Waals surface area contributed by atoms with Gasteiger partial charge < -0.3 is 9.47 Å². The Balaban J connectivity index is 1.92. The average molecular weight is 361 g/mol. The van der Waals surface area contributed by atoms with Crippen molar-refractivity contribution in [3.63, 3.8) is 0 Å². The van der Waals surface area contributed by atoms with Crippen LogP contribution in [0.1, 0.15) is 15.9 Å². The minimum absolute atomic E-state index is 0.200. The van der Waals surface area contributed by atoms with E-state index in [2.05, 4.69) is 34.6 Å². The number of hydrogen-bond acceptors (Lipinski definition) is 3. The fraction of sp³-hybridized carbons (Fsp3) is 0.167. The number of benzene rings is 2. The summed E-state index contributed by atoms with van der Waals surface area (Å²) in [5, 5.41) is 0. The van der Waals surface area contributed by atoms with Crippen LogP contribution in [0.3, 0.4) is 0 Å². The van der Waals surface area contributed by atoms with Crippen molar-refractivity contribution in [1.82, 2.24) is 0 Å². The highest BCUT2D eigenvalue weighted by molar-refractivity contribution is 9.10. The zero-order chi connectivity index (χ0) is 15.8. The van der Waals surface area contributed by atoms with Crippen LogP contribution in [0.4, 0.5) is 0 Å². The lowest BCUT2D eigenvalue weighted by Gasteiger charge is -2.09. The summed E-state index contributed by atoms with van der Waals surface area (Å²) >= 11 is 3.42. The summed E-state index contributed by atoms with van der Waals surface area (Å²) in [7, 11) is 0. The lowest BCUT2D eigenvalue weighted by molar-refractivity contribution is 0.0549. The van der Waals surface area contributed by atoms with Gasteiger partial charge in [-0.3, -0.25) is 0 Å². The quantitative estimate of drug-likeness (QED) is 0.541. The molecule has 0 spiro atoms. The second-order valence-corrected chi connectivity index (χ2v) is 5.47. The Morgan fingerprint density at radius 2 is 1.95 bits per heavy atom. The highest BCUT2D eigenvalue weighted by Crippen LogP contribution is 2.26. The largest absolute Gasteiger partial charge is 0.492 e. The first-order chi connectivity index (χ1) is 10.7. The van der Waals surface area contributed by atoms with Crippen molar-refractivity contribution < 1.29 is 14.3 Å². The molecule has 3 nitrogen and oxygen atoms in total. The minimum atomic E-state index is -0.378. The number of esters is 1. The van der Waals surface area contributed by atoms with E-state index in [-0.39, 0.29) is 12.6 Å². The van der Waals surface area contributed by atoms with Crippen molar-refractivity contribution in [3.8, 4) is 5.75 Å². The van der Waals surface area contributed by atoms with Gasteiger partial charge in [0.05, 0.1) is 16.6 Å². The van der Waals surface area contributed by atoms with Crippen molar-refractivity contribution in [2.45, 2.75) is 6.42 Å². The molecule has 0 bridgehead atoms. The van der Waals surface area contributed by atoms with E-state index in [0.717, 1.165) is 10.9 Å². The molecule has 0 aliphatic heterocycles. The molecule has 0 amide bonds. The van der Waals surface area contributed by atoms with Crippen molar-refractivity contribution in [1.29, 1.82) is 0 Å². The third-order valence-electron chi connectivity index (χ3n) is 2.99. The van der Waals surface area contributed by atoms with Crippen LogP contribution in [-0.4, -0.2) is 19.2 Å². The molecule has 0 aliphatic rings. The predicted molar refractivity (Wildman–Crippen MR) is 90.3 cm³/mol. The van der Waals surface area contributed by atoms with Gasteiger partial charge in [0.2, 0.25) is 0 Å². The maximum Gasteiger partial charge on any atom is 0.338 e. The first kappa shape index (κ1) is 16.3. The van der Waals surface area contributed by atoms with Crippen LogP contribution >= 0.6 is 15.9 Å². The van der Waals surface area contributed by atoms with E-state index in [1.807, 2.05) is 18.2 Å². The number of halogens is 1. The van der Waals surface area contributed by atoms with Gasteiger partial charge in [0, 0.05) is 6.42 Å². The van der Waals surface area contributed by atoms with E-state index in [1.54, 1.807) is 18.2 Å². The van der Waals surface area contributed by atoms with E-state index >= 15 is 0 Å². The van der Waals surface area contributed by atoms with E-state index in [1.165, 1.54) is 11.6 Å². The van der Waals surface area contributed by atoms with Crippen molar-refractivity contribution in [3.05, 3.63) is 76.8 Å². The zero-order valence-corrected chi connectivity index (χ0v) is 13.7. The zero-order valence-electron chi connectivity index (χ0n) is 12.1. The van der Waals surface area contributed by atoms with Crippen LogP contribution in [-0.2, 0) is 11.2 Å². The summed E-state index contributed by atoms with van der Waals surface area (Å²) in [4.78, 5) is 11.7. The Morgan fingerprint density at radius 3 is 2.64 bits per heavy atom. The van der Waals surface area contributed by atoms with E-state index in [9.17, 15) is 4.79 Å². The van der Waals surface area contributed by atoms with Crippen LogP contribution in [0.25, 0.3) is 0 Å². The lowest BCUT2D eigenvalue weighted by Crippen LogP contribution is -2.06. The normalized spacial score (nSPS) is 10.0. The van der Waals surface area contributed by atoms with Gasteiger partial charge in [-0.15, -0.1) is 0 Å². The lowest BCUT2D eigenvalue weighted by atomic mass is 10.2. The topological polar surface area (TPSA) is 35.5 Å². The average Bonchev–Trinajstić information content (AvgIpc) is 2.55. The SMILES string of the molecule is C=CCOC(=O)c1ccc(OCCc2ccccc2)c(Br)c1. The summed E-state index contributed by atoms with van der Waals surface area (Å²) in [5.41, 5.74) is 1.70. The van der Waals surface area contributed by atoms with Gasteiger partial charge in [-0.05, 0) is 39.7 Å². The molecule has 22 heavy (non-hydrogen) atoms. The van der Waals surface area contributed by atoms with Crippen LogP contribution < -0.4 is 4.74 Å². The fourth-order valence-electron chi connectivity index (χ4n) is 1.89. The molecule has 114 valence electrons. The van der Waals surface area contributed by atoms with Gasteiger partial charge in [0.1, 0.15) is 12.4 Å². The van der Waals surface area contributed by atoms with Gasteiger partial charge >= 0.3 is 5.97 Å². The summed E-state index contributed by atoms with van der Waals surface area (Å²) in [6, 6.07) is 15.3. The molecule has 2 aromatic rings. The van der Waals surface area contributed by atoms with Gasteiger partial charge in [-0.25, -0.2) is 4.79 Å². The summed E-state index contributed by atoms with van der Waals surface area (Å²) in [5.74, 6) is 0.327. The van der Waals surface area contributed by atoms with Crippen molar-refractivity contribution >= 4 is 21.9 Å². The van der Waals surface area contributed by atoms with Gasteiger partial charge in [0.15, 0.2) is 0 Å². The van der Waals surface area contributed by atoms with Gasteiger partial charge in [0.25, 0.3) is 0 Å². The monoisotopic (exact) mass is 360 g/mol. The third kappa shape index (κ3) is 4.74. The number of carbonyl (C=O) groups is 1. The van der Waals surface area contributed by atoms with E-state index in [4.69, 9.17) is 9.47 Å². The van der Waals surface area contributed by atoms with Crippen LogP contribution in [0.2, 0.25) is 0 Å². The fourth-order valence-corrected chi connectivity index (χ4v) is 2.38. The molecule has 0 heterocycles. The molecular weight excluding hydrogens is 344 g/mol. The van der Waals surface area contributed by atoms with Gasteiger partial charge in [-0.1, -0.05) is 43.0 Å². The number of rotatable bonds is 7. The molecule has 0 saturated carbocycles. The number of carbonyl (C=O) groups excluding carboxylic acids is 1. The van der Waals surface area contributed by atoms with Gasteiger partial charge in [-0.2, -0.15) is 0 Å². The van der Waals surface area contributed by atoms with Crippen molar-refractivity contribution in [2.75, 3.05) is 13.2 Å². The smallest absolute Gasteiger partial charge is 0.338 e. The second-order valence-electron chi connectivity index (χ2n) is 4.62. The first-order valence-electron chi connectivity index (χ1n) is 6.95. The van der Waals surface area contributed by atoms with Crippen LogP contribution in [0.5, 0.6) is 5.75 Å². The molecule has 2 aromatic carbocycles. The molecule has 0 radical (unpaired) electrons. The maximum absolute atomic E-state index is 11.7. The molecule has 2 rings (SSSR count). The number of ether oxygens (including phenoxy) is 2. The molecule has 0 aliphatic carbocycles. The molecule has 0 aromatic heterocycles. The molecule has 4 heteroatoms. The molecule has 0 saturated heterocycles. The Labute approximate surface area is 138 Å². The summed E-state index contributed by atoms with van der Waals surface area (Å²) in [6.45, 7) is 4.28. The maximum atomic E-state index is 11.7. The van der Waals surface area contributed by atoms with Crippen molar-refractivity contribution in [2.24, 2.45) is 0 Å². The molecule has 0 unspecified atom stereocenters. The predicted octanol–water partition coefficient (Wildman–Crippen LogP) is 4.41. The first-order valence-corrected chi connectivity index (χ1v) is 7.74. The summed E-state index contributed by atoms with van der Waals surface area (Å²) < 4.78 is 11.5. The third-order valence-corrected chi connectivity index (χ3v) is 3.61. The highest BCUT2D eigenvalue weighted by atomic mass is 79.9. The number of hydrogen-bond donors (Lipinski definition) is 0. The Kier molecular flexibility index (Phi) is 6.22. The Hall–Kier alpha value is -2.07. The minimum Gasteiger partial charge on any atom is -0.492 e. The molecular formula is C18H17BrO3. The summed E-state index contributed by atoms with van der Waals surface area (Å²) in [6.07, 6.45) is 2.37. The van der Waals surface area contributed by atoms with E-state index in [0.29, 0.717) is 17.9 Å². The highest BCUT2D eigenvalue weighted by Gasteiger charge is 2.10. The molecule has 0 atom stereocenters. The van der Waals surface area contributed by atoms with Crippen LogP contribution in [0.15, 0.2) is 65.7 Å². The second kappa shape index (κ2) is 8.39. The van der Waals surface area contributed by atoms with Crippen LogP contribution in [0, 0.1) is 0 Å². The Bertz CT molecular complexity index is 638. The standard InChI is InChI=1S/C18H17BrO3/c1-2-11-22-18(20)15-8-9-17(16(19)13-15)21-12-10-14-6-4-3-5-7-14/h2-9,13H,1,10-12H2. The van der Waals surface area contributed by atoms with E-state index < -0.39 is 0 Å². The Morgan fingerprint density at radius 1 is 1.18 bits per heavy atom. The molecule has 0 fully saturated rings.